The molecule has 0 radical (unpaired) electrons. The van der Waals surface area contributed by atoms with Gasteiger partial charge in [-0.15, -0.1) is 0 Å². The molecule has 4 nitrogen and oxygen atoms in total. The molecule has 4 N–H and O–H groups in total. The van der Waals surface area contributed by atoms with Crippen LogP contribution < -0.4 is 16.7 Å². The second kappa shape index (κ2) is 7.11. The standard InChI is InChI=1S/C25H24N2O2Si/c1-30(2,3)20-14-16-9-5-7-11-18(16)22(23(20)25(27)29)21-17-10-6-4-8-15(17)12-13-19(21)24(26)28/h4-14H,1-3H3,(H2,26,28)(H2,27,29). The van der Waals surface area contributed by atoms with E-state index in [1.807, 2.05) is 54.6 Å². The maximum atomic E-state index is 12.9. The van der Waals surface area contributed by atoms with Crippen molar-refractivity contribution in [1.82, 2.24) is 0 Å². The zero-order valence-electron chi connectivity index (χ0n) is 17.3. The molecular weight excluding hydrogens is 388 g/mol. The number of nitrogens with two attached hydrogens (primary N) is 2. The van der Waals surface area contributed by atoms with Gasteiger partial charge in [-0.2, -0.15) is 0 Å². The highest BCUT2D eigenvalue weighted by Crippen LogP contribution is 2.39. The highest BCUT2D eigenvalue weighted by atomic mass is 28.3. The highest BCUT2D eigenvalue weighted by Gasteiger charge is 2.29. The van der Waals surface area contributed by atoms with Crippen molar-refractivity contribution in [3.8, 4) is 11.1 Å². The van der Waals surface area contributed by atoms with Crippen LogP contribution in [0.15, 0.2) is 66.7 Å². The molecule has 150 valence electrons. The van der Waals surface area contributed by atoms with E-state index >= 15 is 0 Å². The fourth-order valence-electron chi connectivity index (χ4n) is 4.20. The van der Waals surface area contributed by atoms with Gasteiger partial charge in [-0.05, 0) is 32.8 Å². The number of hydrogen-bond donors (Lipinski definition) is 2. The lowest BCUT2D eigenvalue weighted by molar-refractivity contribution is 0.0991. The van der Waals surface area contributed by atoms with Crippen LogP contribution in [0.5, 0.6) is 0 Å². The number of carbonyl (C=O) groups is 2. The van der Waals surface area contributed by atoms with Crippen molar-refractivity contribution in [2.75, 3.05) is 0 Å². The van der Waals surface area contributed by atoms with Gasteiger partial charge < -0.3 is 11.5 Å². The van der Waals surface area contributed by atoms with Crippen LogP contribution in [0.25, 0.3) is 32.7 Å². The van der Waals surface area contributed by atoms with Crippen LogP contribution in [-0.2, 0) is 0 Å². The van der Waals surface area contributed by atoms with Gasteiger partial charge in [0, 0.05) is 22.3 Å². The monoisotopic (exact) mass is 412 g/mol. The summed E-state index contributed by atoms with van der Waals surface area (Å²) in [6.45, 7) is 6.56. The summed E-state index contributed by atoms with van der Waals surface area (Å²) < 4.78 is 0. The maximum Gasteiger partial charge on any atom is 0.249 e. The van der Waals surface area contributed by atoms with E-state index in [4.69, 9.17) is 11.5 Å². The van der Waals surface area contributed by atoms with E-state index in [1.54, 1.807) is 6.07 Å². The molecule has 0 aliphatic carbocycles. The Bertz CT molecular complexity index is 1340. The molecule has 5 heteroatoms. The number of amides is 2. The number of carbonyl (C=O) groups excluding carboxylic acids is 2. The van der Waals surface area contributed by atoms with Crippen LogP contribution in [-0.4, -0.2) is 19.9 Å². The lowest BCUT2D eigenvalue weighted by Gasteiger charge is -2.25. The van der Waals surface area contributed by atoms with E-state index in [2.05, 4.69) is 25.7 Å². The molecule has 0 atom stereocenters. The molecule has 0 saturated heterocycles. The average molecular weight is 413 g/mol. The predicted octanol–water partition coefficient (Wildman–Crippen LogP) is 4.40. The minimum absolute atomic E-state index is 0.383. The Balaban J connectivity index is 2.33. The van der Waals surface area contributed by atoms with E-state index in [-0.39, 0.29) is 0 Å². The molecule has 4 aromatic rings. The van der Waals surface area contributed by atoms with E-state index in [1.165, 1.54) is 0 Å². The summed E-state index contributed by atoms with van der Waals surface area (Å²) in [5.41, 5.74) is 14.0. The van der Waals surface area contributed by atoms with Crippen LogP contribution in [0.1, 0.15) is 20.7 Å². The zero-order chi connectivity index (χ0) is 21.6. The third kappa shape index (κ3) is 3.17. The Morgan fingerprint density at radius 1 is 0.700 bits per heavy atom. The number of benzene rings is 4. The summed E-state index contributed by atoms with van der Waals surface area (Å²) in [4.78, 5) is 25.3. The Hall–Kier alpha value is -3.44. The Morgan fingerprint density at radius 3 is 1.83 bits per heavy atom. The first-order chi connectivity index (χ1) is 14.2. The fraction of sp³-hybridized carbons (Fsp3) is 0.120. The van der Waals surface area contributed by atoms with Gasteiger partial charge in [0.25, 0.3) is 0 Å². The second-order valence-electron chi connectivity index (χ2n) is 8.58. The van der Waals surface area contributed by atoms with Gasteiger partial charge in [0.15, 0.2) is 0 Å². The lowest BCUT2D eigenvalue weighted by atomic mass is 9.86. The van der Waals surface area contributed by atoms with Gasteiger partial charge in [0.05, 0.1) is 8.07 Å². The van der Waals surface area contributed by atoms with Gasteiger partial charge in [-0.25, -0.2) is 0 Å². The molecule has 0 aromatic heterocycles. The quantitative estimate of drug-likeness (QED) is 0.487. The summed E-state index contributed by atoms with van der Waals surface area (Å²) in [5.74, 6) is -1.02. The number of primary amides is 2. The van der Waals surface area contributed by atoms with Gasteiger partial charge >= 0.3 is 0 Å². The van der Waals surface area contributed by atoms with Crippen LogP contribution in [0.4, 0.5) is 0 Å². The first-order valence-corrected chi connectivity index (χ1v) is 13.4. The van der Waals surface area contributed by atoms with Crippen LogP contribution in [0.2, 0.25) is 19.6 Å². The number of hydrogen-bond acceptors (Lipinski definition) is 2. The molecular formula is C25H24N2O2Si. The molecule has 0 aliphatic rings. The van der Waals surface area contributed by atoms with Crippen LogP contribution in [0, 0.1) is 0 Å². The summed E-state index contributed by atoms with van der Waals surface area (Å²) >= 11 is 0. The second-order valence-corrected chi connectivity index (χ2v) is 13.6. The van der Waals surface area contributed by atoms with E-state index in [0.29, 0.717) is 22.3 Å². The SMILES string of the molecule is C[Si](C)(C)c1cc2ccccc2c(-c2c(C(N)=O)ccc3ccccc23)c1C(N)=O. The van der Waals surface area contributed by atoms with Crippen molar-refractivity contribution in [3.63, 3.8) is 0 Å². The molecule has 0 heterocycles. The van der Waals surface area contributed by atoms with Crippen molar-refractivity contribution in [2.24, 2.45) is 11.5 Å². The number of rotatable bonds is 4. The first kappa shape index (κ1) is 19.9. The molecule has 0 saturated carbocycles. The molecule has 4 aromatic carbocycles. The number of fused-ring (bicyclic) bond motifs is 2. The lowest BCUT2D eigenvalue weighted by Crippen LogP contribution is -2.43. The molecule has 0 fully saturated rings. The molecule has 30 heavy (non-hydrogen) atoms. The average Bonchev–Trinajstić information content (AvgIpc) is 2.70. The van der Waals surface area contributed by atoms with Crippen molar-refractivity contribution in [2.45, 2.75) is 19.6 Å². The van der Waals surface area contributed by atoms with Crippen molar-refractivity contribution in [1.29, 1.82) is 0 Å². The molecule has 0 spiro atoms. The zero-order valence-corrected chi connectivity index (χ0v) is 18.3. The predicted molar refractivity (Wildman–Crippen MR) is 127 cm³/mol. The van der Waals surface area contributed by atoms with Crippen LogP contribution >= 0.6 is 0 Å². The van der Waals surface area contributed by atoms with Gasteiger partial charge in [-0.1, -0.05) is 80.3 Å². The van der Waals surface area contributed by atoms with Gasteiger partial charge in [0.2, 0.25) is 11.8 Å². The largest absolute Gasteiger partial charge is 0.366 e. The first-order valence-electron chi connectivity index (χ1n) is 9.88. The minimum Gasteiger partial charge on any atom is -0.366 e. The van der Waals surface area contributed by atoms with E-state index in [9.17, 15) is 9.59 Å². The van der Waals surface area contributed by atoms with Crippen molar-refractivity contribution in [3.05, 3.63) is 77.9 Å². The summed E-state index contributed by atoms with van der Waals surface area (Å²) in [6.07, 6.45) is 0. The maximum absolute atomic E-state index is 12.9. The molecule has 0 aliphatic heterocycles. The Kier molecular flexibility index (Phi) is 4.71. The van der Waals surface area contributed by atoms with E-state index < -0.39 is 19.9 Å². The van der Waals surface area contributed by atoms with Crippen molar-refractivity contribution >= 4 is 46.6 Å². The normalized spacial score (nSPS) is 11.7. The van der Waals surface area contributed by atoms with Gasteiger partial charge in [-0.3, -0.25) is 9.59 Å². The summed E-state index contributed by atoms with van der Waals surface area (Å²) in [5, 5.41) is 4.71. The molecule has 4 rings (SSSR count). The highest BCUT2D eigenvalue weighted by molar-refractivity contribution is 6.89. The van der Waals surface area contributed by atoms with Crippen molar-refractivity contribution < 1.29 is 9.59 Å². The molecule has 0 bridgehead atoms. The summed E-state index contributed by atoms with van der Waals surface area (Å²) in [7, 11) is -1.95. The topological polar surface area (TPSA) is 86.2 Å². The van der Waals surface area contributed by atoms with E-state index in [0.717, 1.165) is 26.7 Å². The molecule has 2 amide bonds. The molecule has 0 unspecified atom stereocenters. The minimum atomic E-state index is -1.95. The fourth-order valence-corrected chi connectivity index (χ4v) is 5.79. The third-order valence-corrected chi connectivity index (χ3v) is 7.56. The Morgan fingerprint density at radius 2 is 1.27 bits per heavy atom. The Labute approximate surface area is 176 Å². The summed E-state index contributed by atoms with van der Waals surface area (Å²) in [6, 6.07) is 21.4. The van der Waals surface area contributed by atoms with Crippen LogP contribution in [0.3, 0.4) is 0 Å². The third-order valence-electron chi connectivity index (χ3n) is 5.55. The smallest absolute Gasteiger partial charge is 0.249 e. The van der Waals surface area contributed by atoms with Gasteiger partial charge in [0.1, 0.15) is 0 Å².